The second-order valence-electron chi connectivity index (χ2n) is 5.29. The summed E-state index contributed by atoms with van der Waals surface area (Å²) in [6, 6.07) is 2.45. The number of hydrogen-bond acceptors (Lipinski definition) is 3. The molecule has 2 unspecified atom stereocenters. The Labute approximate surface area is 115 Å². The van der Waals surface area contributed by atoms with E-state index in [1.807, 2.05) is 17.9 Å². The number of pyridine rings is 1. The molecule has 1 saturated heterocycles. The Balaban J connectivity index is 2.27. The zero-order valence-electron chi connectivity index (χ0n) is 12.0. The van der Waals surface area contributed by atoms with E-state index in [0.29, 0.717) is 12.1 Å². The molecule has 104 valence electrons. The van der Waals surface area contributed by atoms with Gasteiger partial charge in [0.1, 0.15) is 0 Å². The van der Waals surface area contributed by atoms with Crippen molar-refractivity contribution in [3.63, 3.8) is 0 Å². The molecule has 1 aliphatic heterocycles. The fourth-order valence-corrected chi connectivity index (χ4v) is 2.87. The highest BCUT2D eigenvalue weighted by Crippen LogP contribution is 2.26. The van der Waals surface area contributed by atoms with Gasteiger partial charge in [0.15, 0.2) is 0 Å². The fourth-order valence-electron chi connectivity index (χ4n) is 2.87. The molecule has 1 aromatic rings. The molecule has 1 N–H and O–H groups in total. The van der Waals surface area contributed by atoms with Crippen LogP contribution in [-0.4, -0.2) is 34.4 Å². The number of hydrogen-bond donors (Lipinski definition) is 1. The van der Waals surface area contributed by atoms with Crippen LogP contribution in [0.5, 0.6) is 0 Å². The molecule has 0 bridgehead atoms. The minimum Gasteiger partial charge on any atom is -0.383 e. The van der Waals surface area contributed by atoms with E-state index >= 15 is 0 Å². The Bertz CT molecular complexity index is 437. The lowest BCUT2D eigenvalue weighted by Crippen LogP contribution is -2.47. The Kier molecular flexibility index (Phi) is 4.40. The van der Waals surface area contributed by atoms with Crippen molar-refractivity contribution in [3.8, 4) is 0 Å². The molecule has 19 heavy (non-hydrogen) atoms. The van der Waals surface area contributed by atoms with Gasteiger partial charge in [-0.05, 0) is 46.1 Å². The molecule has 0 aliphatic carbocycles. The first-order valence-corrected chi connectivity index (χ1v) is 7.15. The van der Waals surface area contributed by atoms with E-state index in [4.69, 9.17) is 0 Å². The maximum Gasteiger partial charge on any atom is 0.256 e. The molecule has 4 nitrogen and oxygen atoms in total. The number of likely N-dealkylation sites (tertiary alicyclic amines) is 1. The van der Waals surface area contributed by atoms with Gasteiger partial charge in [-0.1, -0.05) is 0 Å². The Morgan fingerprint density at radius 3 is 2.74 bits per heavy atom. The van der Waals surface area contributed by atoms with Crippen molar-refractivity contribution in [3.05, 3.63) is 24.0 Å². The van der Waals surface area contributed by atoms with Crippen molar-refractivity contribution < 1.29 is 4.79 Å². The van der Waals surface area contributed by atoms with Crippen molar-refractivity contribution in [2.75, 3.05) is 11.9 Å². The third kappa shape index (κ3) is 2.88. The van der Waals surface area contributed by atoms with Crippen LogP contribution in [0.1, 0.15) is 50.4 Å². The van der Waals surface area contributed by atoms with Crippen LogP contribution in [0.4, 0.5) is 5.69 Å². The fraction of sp³-hybridized carbons (Fsp3) is 0.600. The summed E-state index contributed by atoms with van der Waals surface area (Å²) in [5, 5.41) is 3.22. The summed E-state index contributed by atoms with van der Waals surface area (Å²) >= 11 is 0. The van der Waals surface area contributed by atoms with Crippen LogP contribution in [0, 0.1) is 0 Å². The van der Waals surface area contributed by atoms with Crippen LogP contribution >= 0.6 is 0 Å². The maximum atomic E-state index is 12.8. The molecule has 0 aromatic carbocycles. The van der Waals surface area contributed by atoms with Gasteiger partial charge < -0.3 is 10.2 Å². The lowest BCUT2D eigenvalue weighted by Gasteiger charge is -2.39. The zero-order valence-corrected chi connectivity index (χ0v) is 12.0. The van der Waals surface area contributed by atoms with Gasteiger partial charge >= 0.3 is 0 Å². The number of carbonyl (C=O) groups is 1. The van der Waals surface area contributed by atoms with Gasteiger partial charge in [-0.25, -0.2) is 0 Å². The Hall–Kier alpha value is -1.58. The average Bonchev–Trinajstić information content (AvgIpc) is 2.39. The van der Waals surface area contributed by atoms with Crippen LogP contribution in [0.25, 0.3) is 0 Å². The molecule has 1 aliphatic rings. The van der Waals surface area contributed by atoms with Gasteiger partial charge in [0.25, 0.3) is 5.91 Å². The molecule has 4 heteroatoms. The summed E-state index contributed by atoms with van der Waals surface area (Å²) in [4.78, 5) is 18.9. The van der Waals surface area contributed by atoms with Gasteiger partial charge in [0.2, 0.25) is 0 Å². The molecule has 1 amide bonds. The van der Waals surface area contributed by atoms with Crippen molar-refractivity contribution >= 4 is 11.6 Å². The van der Waals surface area contributed by atoms with E-state index in [9.17, 15) is 4.79 Å². The van der Waals surface area contributed by atoms with Crippen molar-refractivity contribution in [2.24, 2.45) is 0 Å². The number of amides is 1. The summed E-state index contributed by atoms with van der Waals surface area (Å²) < 4.78 is 0. The van der Waals surface area contributed by atoms with Crippen molar-refractivity contribution in [1.82, 2.24) is 9.88 Å². The summed E-state index contributed by atoms with van der Waals surface area (Å²) in [6.07, 6.45) is 6.82. The van der Waals surface area contributed by atoms with E-state index in [1.54, 1.807) is 12.4 Å². The normalized spacial score (nSPS) is 23.2. The number of nitrogens with zero attached hydrogens (tertiary/aromatic N) is 2. The molecule has 1 aromatic heterocycles. The minimum absolute atomic E-state index is 0.123. The monoisotopic (exact) mass is 261 g/mol. The Morgan fingerprint density at radius 1 is 1.42 bits per heavy atom. The summed E-state index contributed by atoms with van der Waals surface area (Å²) in [5.41, 5.74) is 1.57. The molecule has 2 rings (SSSR count). The lowest BCUT2D eigenvalue weighted by atomic mass is 9.96. The first-order valence-electron chi connectivity index (χ1n) is 7.15. The van der Waals surface area contributed by atoms with Gasteiger partial charge in [-0.3, -0.25) is 9.78 Å². The standard InChI is InChI=1S/C15H23N3O/c1-4-17-14-10-16-9-8-13(14)15(19)18-11(2)6-5-7-12(18)3/h8-12,17H,4-7H2,1-3H3. The maximum absolute atomic E-state index is 12.8. The van der Waals surface area contributed by atoms with E-state index < -0.39 is 0 Å². The third-order valence-electron chi connectivity index (χ3n) is 3.85. The minimum atomic E-state index is 0.123. The molecule has 1 fully saturated rings. The van der Waals surface area contributed by atoms with Crippen molar-refractivity contribution in [1.29, 1.82) is 0 Å². The topological polar surface area (TPSA) is 45.2 Å². The predicted octanol–water partition coefficient (Wildman–Crippen LogP) is 2.92. The highest BCUT2D eigenvalue weighted by molar-refractivity contribution is 5.99. The number of aromatic nitrogens is 1. The highest BCUT2D eigenvalue weighted by Gasteiger charge is 2.30. The lowest BCUT2D eigenvalue weighted by molar-refractivity contribution is 0.0511. The number of rotatable bonds is 3. The third-order valence-corrected chi connectivity index (χ3v) is 3.85. The SMILES string of the molecule is CCNc1cnccc1C(=O)N1C(C)CCCC1C. The summed E-state index contributed by atoms with van der Waals surface area (Å²) in [6.45, 7) is 7.09. The zero-order chi connectivity index (χ0) is 13.8. The van der Waals surface area contributed by atoms with Crippen molar-refractivity contribution in [2.45, 2.75) is 52.1 Å². The summed E-state index contributed by atoms with van der Waals surface area (Å²) in [5.74, 6) is 0.123. The number of anilines is 1. The second-order valence-corrected chi connectivity index (χ2v) is 5.29. The molecule has 2 atom stereocenters. The highest BCUT2D eigenvalue weighted by atomic mass is 16.2. The van der Waals surface area contributed by atoms with Gasteiger partial charge in [0, 0.05) is 24.8 Å². The number of piperidine rings is 1. The van der Waals surface area contributed by atoms with Gasteiger partial charge in [-0.2, -0.15) is 0 Å². The average molecular weight is 261 g/mol. The van der Waals surface area contributed by atoms with Crippen LogP contribution in [0.2, 0.25) is 0 Å². The van der Waals surface area contributed by atoms with E-state index in [1.165, 1.54) is 6.42 Å². The smallest absolute Gasteiger partial charge is 0.256 e. The molecular formula is C15H23N3O. The van der Waals surface area contributed by atoms with E-state index in [-0.39, 0.29) is 5.91 Å². The molecule has 0 radical (unpaired) electrons. The Morgan fingerprint density at radius 2 is 2.11 bits per heavy atom. The molecule has 0 spiro atoms. The van der Waals surface area contributed by atoms with E-state index in [0.717, 1.165) is 30.6 Å². The van der Waals surface area contributed by atoms with Crippen LogP contribution in [-0.2, 0) is 0 Å². The first-order chi connectivity index (χ1) is 9.15. The number of carbonyl (C=O) groups excluding carboxylic acids is 1. The second kappa shape index (κ2) is 6.04. The van der Waals surface area contributed by atoms with Crippen LogP contribution in [0.3, 0.4) is 0 Å². The predicted molar refractivity (Wildman–Crippen MR) is 77.3 cm³/mol. The molecular weight excluding hydrogens is 238 g/mol. The largest absolute Gasteiger partial charge is 0.383 e. The van der Waals surface area contributed by atoms with Gasteiger partial charge in [0.05, 0.1) is 17.4 Å². The van der Waals surface area contributed by atoms with Crippen LogP contribution < -0.4 is 5.32 Å². The van der Waals surface area contributed by atoms with Gasteiger partial charge in [-0.15, -0.1) is 0 Å². The quantitative estimate of drug-likeness (QED) is 0.910. The number of nitrogens with one attached hydrogen (secondary N) is 1. The summed E-state index contributed by atoms with van der Waals surface area (Å²) in [7, 11) is 0. The molecule has 0 saturated carbocycles. The van der Waals surface area contributed by atoms with E-state index in [2.05, 4.69) is 24.1 Å². The first kappa shape index (κ1) is 13.8. The molecule has 2 heterocycles. The van der Waals surface area contributed by atoms with Crippen LogP contribution in [0.15, 0.2) is 18.5 Å².